The number of hydrogen-bond donors (Lipinski definition) is 1. The molecule has 0 spiro atoms. The highest BCUT2D eigenvalue weighted by molar-refractivity contribution is 6.76. The van der Waals surface area contributed by atoms with Gasteiger partial charge in [0.05, 0.1) is 6.10 Å². The molecule has 23 heavy (non-hydrogen) atoms. The van der Waals surface area contributed by atoms with Crippen molar-refractivity contribution in [1.82, 2.24) is 0 Å². The van der Waals surface area contributed by atoms with Gasteiger partial charge in [-0.25, -0.2) is 0 Å². The molecule has 1 aromatic carbocycles. The molecular weight excluding hydrogens is 373 g/mol. The smallest absolute Gasteiger partial charge is 0.265 e. The first-order valence-electron chi connectivity index (χ1n) is 7.25. The van der Waals surface area contributed by atoms with Crippen molar-refractivity contribution in [2.45, 2.75) is 50.4 Å². The van der Waals surface area contributed by atoms with Crippen molar-refractivity contribution in [3.05, 3.63) is 35.4 Å². The van der Waals surface area contributed by atoms with Crippen LogP contribution in [0, 0.1) is 10.8 Å². The van der Waals surface area contributed by atoms with E-state index in [0.29, 0.717) is 0 Å². The van der Waals surface area contributed by atoms with Crippen molar-refractivity contribution >= 4 is 49.7 Å². The van der Waals surface area contributed by atoms with Crippen molar-refractivity contribution in [3.63, 3.8) is 0 Å². The van der Waals surface area contributed by atoms with Crippen molar-refractivity contribution < 1.29 is 9.16 Å². The number of halogens is 3. The molecule has 129 valence electrons. The molecule has 0 saturated carbocycles. The predicted octanol–water partition coefficient (Wildman–Crippen LogP) is 5.91. The highest BCUT2D eigenvalue weighted by Gasteiger charge is 2.30. The molecule has 0 aliphatic heterocycles. The van der Waals surface area contributed by atoms with Crippen molar-refractivity contribution in [3.8, 4) is 0 Å². The predicted molar refractivity (Wildman–Crippen MR) is 100 cm³/mol. The molecule has 0 bridgehead atoms. The fourth-order valence-corrected chi connectivity index (χ4v) is 3.19. The van der Waals surface area contributed by atoms with Gasteiger partial charge in [0, 0.05) is 0 Å². The van der Waals surface area contributed by atoms with E-state index >= 15 is 0 Å². The Morgan fingerprint density at radius 2 is 1.83 bits per heavy atom. The molecule has 1 radical (unpaired) electrons. The first-order valence-corrected chi connectivity index (χ1v) is 10.8. The van der Waals surface area contributed by atoms with Gasteiger partial charge in [0.1, 0.15) is 6.61 Å². The van der Waals surface area contributed by atoms with E-state index in [9.17, 15) is 0 Å². The monoisotopic (exact) mass is 394 g/mol. The average Bonchev–Trinajstić information content (AvgIpc) is 2.40. The van der Waals surface area contributed by atoms with Gasteiger partial charge in [-0.2, -0.15) is 0 Å². The Kier molecular flexibility index (Phi) is 7.42. The standard InChI is InChI=1S/C16H23Cl3NO2Si/c1-15(2,3)13(22-23(4)5)12-8-6-7-11(9-12)10-21-14(20)16(17,18)19/h6-9,13,20H,10H2,1-5H3. The Bertz CT molecular complexity index is 539. The van der Waals surface area contributed by atoms with Crippen LogP contribution < -0.4 is 0 Å². The first-order chi connectivity index (χ1) is 10.4. The summed E-state index contributed by atoms with van der Waals surface area (Å²) in [5, 5.41) is 7.58. The SMILES string of the molecule is C[Si](C)OC(c1cccc(COC(=N)C(Cl)(Cl)Cl)c1)C(C)(C)C. The Labute approximate surface area is 155 Å². The van der Waals surface area contributed by atoms with Crippen LogP contribution in [-0.4, -0.2) is 18.7 Å². The van der Waals surface area contributed by atoms with Crippen LogP contribution in [0.15, 0.2) is 24.3 Å². The summed E-state index contributed by atoms with van der Waals surface area (Å²) in [7, 11) is -0.838. The Morgan fingerprint density at radius 1 is 1.22 bits per heavy atom. The van der Waals surface area contributed by atoms with Gasteiger partial charge in [-0.05, 0) is 35.7 Å². The number of benzene rings is 1. The van der Waals surface area contributed by atoms with Gasteiger partial charge in [-0.1, -0.05) is 73.8 Å². The fourth-order valence-electron chi connectivity index (χ4n) is 2.06. The van der Waals surface area contributed by atoms with Crippen LogP contribution in [-0.2, 0) is 15.8 Å². The number of hydrogen-bond acceptors (Lipinski definition) is 3. The molecule has 0 amide bonds. The van der Waals surface area contributed by atoms with Gasteiger partial charge in [-0.15, -0.1) is 0 Å². The number of nitrogens with one attached hydrogen (secondary N) is 1. The van der Waals surface area contributed by atoms with E-state index < -0.39 is 12.8 Å². The minimum Gasteiger partial charge on any atom is -0.473 e. The maximum atomic E-state index is 7.58. The summed E-state index contributed by atoms with van der Waals surface area (Å²) in [6, 6.07) is 7.93. The molecule has 0 aliphatic carbocycles. The molecule has 1 atom stereocenters. The third kappa shape index (κ3) is 7.02. The second kappa shape index (κ2) is 8.21. The van der Waals surface area contributed by atoms with Crippen molar-refractivity contribution in [2.75, 3.05) is 0 Å². The van der Waals surface area contributed by atoms with E-state index in [1.807, 2.05) is 24.3 Å². The molecule has 0 fully saturated rings. The van der Waals surface area contributed by atoms with E-state index in [0.717, 1.165) is 11.1 Å². The molecule has 0 aromatic heterocycles. The van der Waals surface area contributed by atoms with Crippen molar-refractivity contribution in [2.24, 2.45) is 5.41 Å². The first kappa shape index (κ1) is 20.8. The molecular formula is C16H23Cl3NO2Si. The Balaban J connectivity index is 2.92. The van der Waals surface area contributed by atoms with Crippen LogP contribution in [0.2, 0.25) is 13.1 Å². The summed E-state index contributed by atoms with van der Waals surface area (Å²) in [4.78, 5) is 0. The number of rotatable bonds is 5. The zero-order valence-electron chi connectivity index (χ0n) is 14.0. The van der Waals surface area contributed by atoms with E-state index in [2.05, 4.69) is 33.9 Å². The molecule has 3 nitrogen and oxygen atoms in total. The average molecular weight is 396 g/mol. The quantitative estimate of drug-likeness (QED) is 0.291. The summed E-state index contributed by atoms with van der Waals surface area (Å²) in [5.74, 6) is -0.385. The normalized spacial score (nSPS) is 14.0. The summed E-state index contributed by atoms with van der Waals surface area (Å²) in [6.07, 6.45) is -0.000961. The van der Waals surface area contributed by atoms with E-state index in [1.54, 1.807) is 0 Å². The lowest BCUT2D eigenvalue weighted by molar-refractivity contribution is 0.0864. The number of ether oxygens (including phenoxy) is 1. The minimum atomic E-state index is -1.84. The second-order valence-corrected chi connectivity index (χ2v) is 11.0. The Morgan fingerprint density at radius 3 is 2.30 bits per heavy atom. The van der Waals surface area contributed by atoms with Crippen LogP contribution in [0.5, 0.6) is 0 Å². The Hall–Kier alpha value is -0.263. The van der Waals surface area contributed by atoms with Crippen LogP contribution in [0.4, 0.5) is 0 Å². The van der Waals surface area contributed by atoms with Crippen LogP contribution in [0.3, 0.4) is 0 Å². The highest BCUT2D eigenvalue weighted by Crippen LogP contribution is 2.37. The lowest BCUT2D eigenvalue weighted by Gasteiger charge is -2.33. The molecule has 1 rings (SSSR count). The molecule has 1 N–H and O–H groups in total. The zero-order valence-corrected chi connectivity index (χ0v) is 17.3. The van der Waals surface area contributed by atoms with Gasteiger partial charge in [-0.3, -0.25) is 5.41 Å². The van der Waals surface area contributed by atoms with Gasteiger partial charge in [0.2, 0.25) is 14.9 Å². The van der Waals surface area contributed by atoms with E-state index in [4.69, 9.17) is 49.4 Å². The second-order valence-electron chi connectivity index (χ2n) is 6.63. The minimum absolute atomic E-state index is 0.000961. The van der Waals surface area contributed by atoms with Crippen LogP contribution in [0.1, 0.15) is 38.0 Å². The third-order valence-corrected chi connectivity index (χ3v) is 4.26. The largest absolute Gasteiger partial charge is 0.473 e. The maximum Gasteiger partial charge on any atom is 0.265 e. The zero-order chi connectivity index (χ0) is 17.8. The van der Waals surface area contributed by atoms with Crippen LogP contribution in [0.25, 0.3) is 0 Å². The summed E-state index contributed by atoms with van der Waals surface area (Å²) < 4.78 is 9.60. The summed E-state index contributed by atoms with van der Waals surface area (Å²) in [6.45, 7) is 10.9. The summed E-state index contributed by atoms with van der Waals surface area (Å²) in [5.41, 5.74) is 1.97. The molecule has 0 aliphatic rings. The van der Waals surface area contributed by atoms with Gasteiger partial charge in [0.25, 0.3) is 3.79 Å². The maximum absolute atomic E-state index is 7.58. The van der Waals surface area contributed by atoms with Gasteiger partial charge in [0.15, 0.2) is 0 Å². The molecule has 1 unspecified atom stereocenters. The lowest BCUT2D eigenvalue weighted by Crippen LogP contribution is -2.26. The van der Waals surface area contributed by atoms with Gasteiger partial charge < -0.3 is 9.16 Å². The van der Waals surface area contributed by atoms with E-state index in [1.165, 1.54) is 0 Å². The molecule has 0 heterocycles. The highest BCUT2D eigenvalue weighted by atomic mass is 35.6. The van der Waals surface area contributed by atoms with Gasteiger partial charge >= 0.3 is 0 Å². The molecule has 0 saturated heterocycles. The van der Waals surface area contributed by atoms with Crippen molar-refractivity contribution in [1.29, 1.82) is 5.41 Å². The molecule has 7 heteroatoms. The van der Waals surface area contributed by atoms with E-state index in [-0.39, 0.29) is 24.0 Å². The van der Waals surface area contributed by atoms with Crippen LogP contribution >= 0.6 is 34.8 Å². The summed E-state index contributed by atoms with van der Waals surface area (Å²) >= 11 is 16.8. The lowest BCUT2D eigenvalue weighted by atomic mass is 9.84. The fraction of sp³-hybridized carbons (Fsp3) is 0.562. The third-order valence-electron chi connectivity index (χ3n) is 3.03. The topological polar surface area (TPSA) is 42.3 Å². The number of alkyl halides is 3. The molecule has 1 aromatic rings.